The summed E-state index contributed by atoms with van der Waals surface area (Å²) >= 11 is 1.48. The van der Waals surface area contributed by atoms with Gasteiger partial charge in [0.1, 0.15) is 15.6 Å². The molecule has 3 heterocycles. The van der Waals surface area contributed by atoms with E-state index in [4.69, 9.17) is 4.42 Å². The minimum absolute atomic E-state index is 0.210. The molecule has 0 aliphatic rings. The van der Waals surface area contributed by atoms with E-state index in [0.717, 1.165) is 10.2 Å². The summed E-state index contributed by atoms with van der Waals surface area (Å²) in [5, 5.41) is 16.8. The molecule has 3 rings (SSSR count). The fourth-order valence-corrected chi connectivity index (χ4v) is 2.66. The first-order chi connectivity index (χ1) is 10.0. The molecule has 0 bridgehead atoms. The third-order valence-corrected chi connectivity index (χ3v) is 3.55. The van der Waals surface area contributed by atoms with E-state index in [1.807, 2.05) is 25.3 Å². The summed E-state index contributed by atoms with van der Waals surface area (Å²) in [5.74, 6) is 0.994. The standard InChI is InChI=1S/C13H12N4O3S/c1-7(2)14-11-8-5-6-21-13(8)16-12(15-11)9-3-4-10(20-9)17(18)19/h3-7H,1-2H3,(H,14,15,16). The molecule has 0 fully saturated rings. The van der Waals surface area contributed by atoms with Gasteiger partial charge >= 0.3 is 5.88 Å². The minimum Gasteiger partial charge on any atom is -0.397 e. The summed E-state index contributed by atoms with van der Waals surface area (Å²) < 4.78 is 5.17. The van der Waals surface area contributed by atoms with E-state index in [2.05, 4.69) is 15.3 Å². The van der Waals surface area contributed by atoms with Gasteiger partial charge in [-0.1, -0.05) is 0 Å². The number of aromatic nitrogens is 2. The van der Waals surface area contributed by atoms with Crippen LogP contribution in [0.2, 0.25) is 0 Å². The summed E-state index contributed by atoms with van der Waals surface area (Å²) in [6.07, 6.45) is 0. The Hall–Kier alpha value is -2.48. The Balaban J connectivity index is 2.11. The molecule has 0 saturated heterocycles. The molecule has 0 amide bonds. The van der Waals surface area contributed by atoms with Gasteiger partial charge in [-0.05, 0) is 31.4 Å². The maximum absolute atomic E-state index is 10.7. The second-order valence-corrected chi connectivity index (χ2v) is 5.62. The molecule has 7 nitrogen and oxygen atoms in total. The zero-order valence-corrected chi connectivity index (χ0v) is 12.2. The molecule has 0 radical (unpaired) electrons. The van der Waals surface area contributed by atoms with Crippen molar-refractivity contribution in [2.24, 2.45) is 0 Å². The van der Waals surface area contributed by atoms with Gasteiger partial charge in [0.15, 0.2) is 11.6 Å². The number of hydrogen-bond donors (Lipinski definition) is 1. The Morgan fingerprint density at radius 3 is 2.81 bits per heavy atom. The fraction of sp³-hybridized carbons (Fsp3) is 0.231. The molecule has 0 unspecified atom stereocenters. The third-order valence-electron chi connectivity index (χ3n) is 2.74. The molecule has 0 saturated carbocycles. The van der Waals surface area contributed by atoms with Gasteiger partial charge in [0, 0.05) is 6.04 Å². The van der Waals surface area contributed by atoms with Crippen molar-refractivity contribution >= 4 is 33.3 Å². The molecule has 0 aliphatic carbocycles. The predicted molar refractivity (Wildman–Crippen MR) is 80.5 cm³/mol. The van der Waals surface area contributed by atoms with Crippen LogP contribution < -0.4 is 5.32 Å². The van der Waals surface area contributed by atoms with Crippen molar-refractivity contribution in [1.82, 2.24) is 9.97 Å². The van der Waals surface area contributed by atoms with Crippen LogP contribution in [-0.4, -0.2) is 20.9 Å². The maximum Gasteiger partial charge on any atom is 0.433 e. The fourth-order valence-electron chi connectivity index (χ4n) is 1.90. The van der Waals surface area contributed by atoms with E-state index in [1.54, 1.807) is 0 Å². The molecule has 0 aliphatic heterocycles. The van der Waals surface area contributed by atoms with Crippen molar-refractivity contribution in [3.63, 3.8) is 0 Å². The van der Waals surface area contributed by atoms with Crippen molar-refractivity contribution in [2.75, 3.05) is 5.32 Å². The van der Waals surface area contributed by atoms with E-state index >= 15 is 0 Å². The number of anilines is 1. The van der Waals surface area contributed by atoms with Crippen molar-refractivity contribution in [3.05, 3.63) is 33.7 Å². The Morgan fingerprint density at radius 2 is 2.14 bits per heavy atom. The SMILES string of the molecule is CC(C)Nc1nc(-c2ccc([N+](=O)[O-])o2)nc2sccc12. The summed E-state index contributed by atoms with van der Waals surface area (Å²) in [6, 6.07) is 4.96. The molecule has 21 heavy (non-hydrogen) atoms. The largest absolute Gasteiger partial charge is 0.433 e. The van der Waals surface area contributed by atoms with Crippen LogP contribution in [0.15, 0.2) is 28.0 Å². The van der Waals surface area contributed by atoms with Gasteiger partial charge in [0.25, 0.3) is 0 Å². The lowest BCUT2D eigenvalue weighted by Gasteiger charge is -2.10. The quantitative estimate of drug-likeness (QED) is 0.583. The monoisotopic (exact) mass is 304 g/mol. The molecule has 0 atom stereocenters. The van der Waals surface area contributed by atoms with Crippen molar-refractivity contribution < 1.29 is 9.34 Å². The van der Waals surface area contributed by atoms with Gasteiger partial charge in [0.2, 0.25) is 0 Å². The van der Waals surface area contributed by atoms with E-state index in [-0.39, 0.29) is 17.7 Å². The van der Waals surface area contributed by atoms with Crippen LogP contribution in [0, 0.1) is 10.1 Å². The van der Waals surface area contributed by atoms with E-state index in [0.29, 0.717) is 11.6 Å². The zero-order chi connectivity index (χ0) is 15.0. The summed E-state index contributed by atoms with van der Waals surface area (Å²) in [5.41, 5.74) is 0. The molecular formula is C13H12N4O3S. The highest BCUT2D eigenvalue weighted by atomic mass is 32.1. The highest BCUT2D eigenvalue weighted by Crippen LogP contribution is 2.30. The third kappa shape index (κ3) is 2.57. The molecule has 8 heteroatoms. The second kappa shape index (κ2) is 5.13. The molecule has 1 N–H and O–H groups in total. The Morgan fingerprint density at radius 1 is 1.33 bits per heavy atom. The lowest BCUT2D eigenvalue weighted by Crippen LogP contribution is -2.11. The van der Waals surface area contributed by atoms with Crippen molar-refractivity contribution in [1.29, 1.82) is 0 Å². The van der Waals surface area contributed by atoms with Gasteiger partial charge in [-0.3, -0.25) is 10.1 Å². The lowest BCUT2D eigenvalue weighted by molar-refractivity contribution is -0.401. The molecule has 3 aromatic heterocycles. The van der Waals surface area contributed by atoms with Crippen molar-refractivity contribution in [3.8, 4) is 11.6 Å². The summed E-state index contributed by atoms with van der Waals surface area (Å²) in [7, 11) is 0. The van der Waals surface area contributed by atoms with Crippen LogP contribution in [-0.2, 0) is 0 Å². The Labute approximate surface area is 123 Å². The highest BCUT2D eigenvalue weighted by Gasteiger charge is 2.17. The highest BCUT2D eigenvalue weighted by molar-refractivity contribution is 7.16. The number of nitro groups is 1. The minimum atomic E-state index is -0.583. The summed E-state index contributed by atoms with van der Waals surface area (Å²) in [6.45, 7) is 4.02. The maximum atomic E-state index is 10.7. The number of furan rings is 1. The second-order valence-electron chi connectivity index (χ2n) is 4.73. The zero-order valence-electron chi connectivity index (χ0n) is 11.4. The lowest BCUT2D eigenvalue weighted by atomic mass is 10.3. The van der Waals surface area contributed by atoms with Gasteiger partial charge in [0.05, 0.1) is 11.5 Å². The number of nitrogens with one attached hydrogen (secondary N) is 1. The first-order valence-electron chi connectivity index (χ1n) is 6.31. The topological polar surface area (TPSA) is 94.1 Å². The predicted octanol–water partition coefficient (Wildman–Crippen LogP) is 3.68. The first-order valence-corrected chi connectivity index (χ1v) is 7.19. The van der Waals surface area contributed by atoms with Crippen LogP contribution >= 0.6 is 11.3 Å². The first kappa shape index (κ1) is 13.5. The Bertz CT molecular complexity index is 809. The van der Waals surface area contributed by atoms with Crippen molar-refractivity contribution in [2.45, 2.75) is 19.9 Å². The number of rotatable bonds is 4. The molecule has 108 valence electrons. The van der Waals surface area contributed by atoms with Gasteiger partial charge in [-0.25, -0.2) is 9.97 Å². The van der Waals surface area contributed by atoms with E-state index < -0.39 is 4.92 Å². The molecule has 0 spiro atoms. The van der Waals surface area contributed by atoms with Crippen LogP contribution in [0.1, 0.15) is 13.8 Å². The van der Waals surface area contributed by atoms with Crippen LogP contribution in [0.5, 0.6) is 0 Å². The van der Waals surface area contributed by atoms with Gasteiger partial charge in [-0.2, -0.15) is 0 Å². The van der Waals surface area contributed by atoms with E-state index in [9.17, 15) is 10.1 Å². The number of nitrogens with zero attached hydrogens (tertiary/aromatic N) is 3. The average Bonchev–Trinajstić information content (AvgIpc) is 3.06. The van der Waals surface area contributed by atoms with E-state index in [1.165, 1.54) is 23.5 Å². The number of thiophene rings is 1. The number of hydrogen-bond acceptors (Lipinski definition) is 7. The molecule has 3 aromatic rings. The van der Waals surface area contributed by atoms with Gasteiger partial charge < -0.3 is 9.73 Å². The summed E-state index contributed by atoms with van der Waals surface area (Å²) in [4.78, 5) is 19.7. The average molecular weight is 304 g/mol. The molecular weight excluding hydrogens is 292 g/mol. The van der Waals surface area contributed by atoms with Crippen LogP contribution in [0.3, 0.4) is 0 Å². The smallest absolute Gasteiger partial charge is 0.397 e. The number of fused-ring (bicyclic) bond motifs is 1. The van der Waals surface area contributed by atoms with Gasteiger partial charge in [-0.15, -0.1) is 11.3 Å². The normalized spacial score (nSPS) is 11.2. The molecule has 0 aromatic carbocycles. The Kier molecular flexibility index (Phi) is 3.30. The van der Waals surface area contributed by atoms with Crippen LogP contribution in [0.4, 0.5) is 11.7 Å². The van der Waals surface area contributed by atoms with Crippen LogP contribution in [0.25, 0.3) is 21.8 Å².